The van der Waals surface area contributed by atoms with Gasteiger partial charge in [-0.25, -0.2) is 4.79 Å². The second-order valence-corrected chi connectivity index (χ2v) is 11.2. The third-order valence-electron chi connectivity index (χ3n) is 3.48. The van der Waals surface area contributed by atoms with Crippen molar-refractivity contribution in [2.75, 3.05) is 6.61 Å². The van der Waals surface area contributed by atoms with Crippen LogP contribution in [0, 0.1) is 0 Å². The van der Waals surface area contributed by atoms with Gasteiger partial charge in [-0.05, 0) is 30.2 Å². The van der Waals surface area contributed by atoms with Crippen LogP contribution in [-0.4, -0.2) is 20.7 Å². The lowest BCUT2D eigenvalue weighted by Gasteiger charge is -2.16. The van der Waals surface area contributed by atoms with Crippen molar-refractivity contribution in [1.82, 2.24) is 0 Å². The molecule has 21 heavy (non-hydrogen) atoms. The first-order chi connectivity index (χ1) is 9.91. The van der Waals surface area contributed by atoms with Crippen molar-refractivity contribution in [1.29, 1.82) is 0 Å². The van der Waals surface area contributed by atoms with E-state index in [1.54, 1.807) is 0 Å². The summed E-state index contributed by atoms with van der Waals surface area (Å²) < 4.78 is 4.99. The average molecular weight is 298 g/mol. The highest BCUT2D eigenvalue weighted by atomic mass is 28.3. The molecule has 0 heterocycles. The molecule has 0 aliphatic rings. The first-order valence-corrected chi connectivity index (χ1v) is 10.8. The van der Waals surface area contributed by atoms with Crippen LogP contribution in [0.5, 0.6) is 0 Å². The summed E-state index contributed by atoms with van der Waals surface area (Å²) in [5.74, 6) is -0.266. The minimum Gasteiger partial charge on any atom is -0.462 e. The lowest BCUT2D eigenvalue weighted by molar-refractivity contribution is 0.0526. The van der Waals surface area contributed by atoms with Gasteiger partial charge < -0.3 is 4.74 Å². The highest BCUT2D eigenvalue weighted by Gasteiger charge is 2.15. The molecule has 0 aliphatic carbocycles. The molecule has 2 nitrogen and oxygen atoms in total. The lowest BCUT2D eigenvalue weighted by Crippen LogP contribution is -2.37. The number of rotatable bonds is 4. The van der Waals surface area contributed by atoms with E-state index in [-0.39, 0.29) is 5.97 Å². The van der Waals surface area contributed by atoms with Crippen LogP contribution in [0.25, 0.3) is 11.1 Å². The summed E-state index contributed by atoms with van der Waals surface area (Å²) >= 11 is 0. The summed E-state index contributed by atoms with van der Waals surface area (Å²) in [4.78, 5) is 11.6. The van der Waals surface area contributed by atoms with E-state index < -0.39 is 8.07 Å². The van der Waals surface area contributed by atoms with E-state index in [4.69, 9.17) is 4.74 Å². The van der Waals surface area contributed by atoms with Crippen LogP contribution >= 0.6 is 0 Å². The summed E-state index contributed by atoms with van der Waals surface area (Å²) in [7, 11) is -1.25. The first-order valence-electron chi connectivity index (χ1n) is 7.30. The molecule has 0 fully saturated rings. The minimum atomic E-state index is -1.25. The van der Waals surface area contributed by atoms with Crippen molar-refractivity contribution in [3.63, 3.8) is 0 Å². The van der Waals surface area contributed by atoms with E-state index in [1.807, 2.05) is 31.2 Å². The maximum Gasteiger partial charge on any atom is 0.338 e. The van der Waals surface area contributed by atoms with Crippen molar-refractivity contribution in [3.8, 4) is 11.1 Å². The van der Waals surface area contributed by atoms with Crippen molar-refractivity contribution in [2.45, 2.75) is 26.6 Å². The fourth-order valence-corrected chi connectivity index (χ4v) is 3.34. The lowest BCUT2D eigenvalue weighted by atomic mass is 10.0. The minimum absolute atomic E-state index is 0.266. The van der Waals surface area contributed by atoms with Crippen LogP contribution < -0.4 is 5.19 Å². The highest BCUT2D eigenvalue weighted by molar-refractivity contribution is 6.88. The molecule has 0 unspecified atom stereocenters. The third-order valence-corrected chi connectivity index (χ3v) is 5.55. The zero-order valence-corrected chi connectivity index (χ0v) is 14.1. The van der Waals surface area contributed by atoms with Crippen molar-refractivity contribution >= 4 is 19.2 Å². The van der Waals surface area contributed by atoms with Gasteiger partial charge in [-0.3, -0.25) is 0 Å². The predicted octanol–water partition coefficient (Wildman–Crippen LogP) is 4.08. The van der Waals surface area contributed by atoms with E-state index in [0.29, 0.717) is 12.2 Å². The molecule has 0 aliphatic heterocycles. The van der Waals surface area contributed by atoms with E-state index in [9.17, 15) is 4.79 Å². The number of ether oxygens (including phenoxy) is 1. The number of hydrogen-bond donors (Lipinski definition) is 0. The largest absolute Gasteiger partial charge is 0.462 e. The maximum absolute atomic E-state index is 11.6. The molecule has 0 spiro atoms. The molecule has 0 N–H and O–H groups in total. The van der Waals surface area contributed by atoms with Gasteiger partial charge in [0.25, 0.3) is 0 Å². The summed E-state index contributed by atoms with van der Waals surface area (Å²) in [6.45, 7) is 9.24. The van der Waals surface area contributed by atoms with E-state index in [1.165, 1.54) is 10.8 Å². The Kier molecular flexibility index (Phi) is 4.63. The molecule has 0 saturated carbocycles. The summed E-state index contributed by atoms with van der Waals surface area (Å²) in [5, 5.41) is 1.45. The van der Waals surface area contributed by atoms with Crippen LogP contribution in [-0.2, 0) is 4.74 Å². The third kappa shape index (κ3) is 3.82. The molecule has 2 aromatic carbocycles. The number of esters is 1. The Balaban J connectivity index is 2.21. The van der Waals surface area contributed by atoms with Crippen molar-refractivity contribution in [2.24, 2.45) is 0 Å². The summed E-state index contributed by atoms with van der Waals surface area (Å²) in [5.41, 5.74) is 2.89. The monoisotopic (exact) mass is 298 g/mol. The molecule has 0 bridgehead atoms. The fourth-order valence-electron chi connectivity index (χ4n) is 2.18. The van der Waals surface area contributed by atoms with Gasteiger partial charge in [0, 0.05) is 0 Å². The van der Waals surface area contributed by atoms with Crippen molar-refractivity contribution in [3.05, 3.63) is 54.1 Å². The van der Waals surface area contributed by atoms with Crippen molar-refractivity contribution < 1.29 is 9.53 Å². The Morgan fingerprint density at radius 2 is 1.38 bits per heavy atom. The van der Waals surface area contributed by atoms with Gasteiger partial charge in [0.1, 0.15) is 0 Å². The Hall–Kier alpha value is -1.87. The normalized spacial score (nSPS) is 11.2. The molecule has 3 heteroatoms. The molecule has 0 radical (unpaired) electrons. The van der Waals surface area contributed by atoms with Crippen LogP contribution in [0.4, 0.5) is 0 Å². The highest BCUT2D eigenvalue weighted by Crippen LogP contribution is 2.20. The van der Waals surface area contributed by atoms with Gasteiger partial charge in [-0.2, -0.15) is 0 Å². The number of carbonyl (C=O) groups is 1. The van der Waals surface area contributed by atoms with Gasteiger partial charge in [0.05, 0.1) is 20.2 Å². The van der Waals surface area contributed by atoms with Gasteiger partial charge in [-0.1, -0.05) is 61.2 Å². The Bertz CT molecular complexity index is 607. The number of benzene rings is 2. The Labute approximate surface area is 127 Å². The molecule has 0 saturated heterocycles. The molecule has 0 atom stereocenters. The fraction of sp³-hybridized carbons (Fsp3) is 0.278. The molecular weight excluding hydrogens is 276 g/mol. The second kappa shape index (κ2) is 6.27. The van der Waals surface area contributed by atoms with Crippen LogP contribution in [0.2, 0.25) is 19.6 Å². The molecule has 0 aromatic heterocycles. The van der Waals surface area contributed by atoms with Crippen LogP contribution in [0.3, 0.4) is 0 Å². The van der Waals surface area contributed by atoms with Crippen LogP contribution in [0.1, 0.15) is 17.3 Å². The van der Waals surface area contributed by atoms with Gasteiger partial charge in [0.15, 0.2) is 0 Å². The Morgan fingerprint density at radius 1 is 0.905 bits per heavy atom. The van der Waals surface area contributed by atoms with Gasteiger partial charge in [-0.15, -0.1) is 0 Å². The van der Waals surface area contributed by atoms with E-state index in [2.05, 4.69) is 43.9 Å². The zero-order valence-electron chi connectivity index (χ0n) is 13.1. The average Bonchev–Trinajstić information content (AvgIpc) is 2.47. The number of carbonyl (C=O) groups excluding carboxylic acids is 1. The second-order valence-electron chi connectivity index (χ2n) is 6.13. The number of hydrogen-bond acceptors (Lipinski definition) is 2. The van der Waals surface area contributed by atoms with Gasteiger partial charge >= 0.3 is 5.97 Å². The molecule has 2 rings (SSSR count). The standard InChI is InChI=1S/C18H22O2Si/c1-5-20-18(19)16-8-6-14(7-9-16)15-10-12-17(13-11-15)21(2,3)4/h6-13H,5H2,1-4H3. The smallest absolute Gasteiger partial charge is 0.338 e. The van der Waals surface area contributed by atoms with E-state index >= 15 is 0 Å². The molecule has 2 aromatic rings. The molecule has 0 amide bonds. The zero-order chi connectivity index (χ0) is 15.5. The Morgan fingerprint density at radius 3 is 1.81 bits per heavy atom. The topological polar surface area (TPSA) is 26.3 Å². The SMILES string of the molecule is CCOC(=O)c1ccc(-c2ccc([Si](C)(C)C)cc2)cc1. The summed E-state index contributed by atoms with van der Waals surface area (Å²) in [6.07, 6.45) is 0. The predicted molar refractivity (Wildman–Crippen MR) is 90.8 cm³/mol. The summed E-state index contributed by atoms with van der Waals surface area (Å²) in [6, 6.07) is 16.3. The van der Waals surface area contributed by atoms with Crippen LogP contribution in [0.15, 0.2) is 48.5 Å². The van der Waals surface area contributed by atoms with Gasteiger partial charge in [0.2, 0.25) is 0 Å². The molecule has 110 valence electrons. The first kappa shape index (κ1) is 15.5. The van der Waals surface area contributed by atoms with E-state index in [0.717, 1.165) is 5.56 Å². The quantitative estimate of drug-likeness (QED) is 0.628. The maximum atomic E-state index is 11.6. The molecular formula is C18H22O2Si.